The standard InChI is InChI=1S/C24H29NO13/c1-9-5-17(29)35-14-6-11(3-4-12(9)14)34-23-18(25-10(2)27)21(20(31)16(8-26)37-23)38-24-19(30)13(28)7-15(36-24)22(32)33/h3-6,13,15-16,18-21,23-24,26,28,30-31H,7-8H2,1-2H3,(H,25,27)(H,32,33)/t13-,15-,16+,18+,19+,20+,21+,23+,24-/m0/s1. The van der Waals surface area contributed by atoms with Gasteiger partial charge >= 0.3 is 11.6 Å². The number of nitrogens with one attached hydrogen (secondary N) is 1. The number of aliphatic hydroxyl groups excluding tert-OH is 4. The van der Waals surface area contributed by atoms with E-state index in [1.165, 1.54) is 19.1 Å². The highest BCUT2D eigenvalue weighted by Gasteiger charge is 2.51. The summed E-state index contributed by atoms with van der Waals surface area (Å²) in [6.07, 6.45) is -12.6. The first-order valence-electron chi connectivity index (χ1n) is 11.8. The number of aliphatic carboxylic acids is 1. The van der Waals surface area contributed by atoms with E-state index < -0.39 is 85.8 Å². The molecule has 14 heteroatoms. The van der Waals surface area contributed by atoms with Gasteiger partial charge in [0, 0.05) is 30.9 Å². The molecular formula is C24H29NO13. The highest BCUT2D eigenvalue weighted by molar-refractivity contribution is 5.81. The van der Waals surface area contributed by atoms with E-state index in [1.807, 2.05) is 0 Å². The predicted octanol–water partition coefficient (Wildman–Crippen LogP) is -1.63. The van der Waals surface area contributed by atoms with E-state index in [1.54, 1.807) is 19.1 Å². The maximum atomic E-state index is 12.1. The Morgan fingerprint density at radius 1 is 1.11 bits per heavy atom. The van der Waals surface area contributed by atoms with Crippen LogP contribution < -0.4 is 15.7 Å². The molecule has 2 aromatic rings. The Labute approximate surface area is 215 Å². The van der Waals surface area contributed by atoms with Crippen LogP contribution in [0.15, 0.2) is 33.5 Å². The molecule has 1 amide bonds. The number of hydrogen-bond acceptors (Lipinski definition) is 12. The number of carboxylic acid groups (broad SMARTS) is 1. The largest absolute Gasteiger partial charge is 0.479 e. The van der Waals surface area contributed by atoms with Gasteiger partial charge in [0.1, 0.15) is 41.8 Å². The number of hydrogen-bond donors (Lipinski definition) is 6. The summed E-state index contributed by atoms with van der Waals surface area (Å²) >= 11 is 0. The summed E-state index contributed by atoms with van der Waals surface area (Å²) in [7, 11) is 0. The van der Waals surface area contributed by atoms with Crippen LogP contribution in [-0.2, 0) is 23.8 Å². The van der Waals surface area contributed by atoms with Crippen molar-refractivity contribution >= 4 is 22.8 Å². The number of ether oxygens (including phenoxy) is 4. The summed E-state index contributed by atoms with van der Waals surface area (Å²) in [6.45, 7) is 2.22. The minimum absolute atomic E-state index is 0.147. The monoisotopic (exact) mass is 539 g/mol. The van der Waals surface area contributed by atoms with Crippen LogP contribution in [0.2, 0.25) is 0 Å². The number of aryl methyl sites for hydroxylation is 1. The van der Waals surface area contributed by atoms with Gasteiger partial charge in [-0.1, -0.05) is 0 Å². The first-order valence-corrected chi connectivity index (χ1v) is 11.8. The highest BCUT2D eigenvalue weighted by atomic mass is 16.7. The van der Waals surface area contributed by atoms with Crippen molar-refractivity contribution in [3.8, 4) is 5.75 Å². The second-order valence-corrected chi connectivity index (χ2v) is 9.19. The van der Waals surface area contributed by atoms with Gasteiger partial charge in [-0.05, 0) is 24.6 Å². The van der Waals surface area contributed by atoms with E-state index in [0.29, 0.717) is 10.9 Å². The summed E-state index contributed by atoms with van der Waals surface area (Å²) < 4.78 is 27.9. The third kappa shape index (κ3) is 5.81. The maximum Gasteiger partial charge on any atom is 0.336 e. The molecule has 1 aromatic heterocycles. The van der Waals surface area contributed by atoms with Crippen LogP contribution in [0.1, 0.15) is 18.9 Å². The van der Waals surface area contributed by atoms with Gasteiger partial charge in [-0.15, -0.1) is 0 Å². The minimum Gasteiger partial charge on any atom is -0.479 e. The summed E-state index contributed by atoms with van der Waals surface area (Å²) in [5.41, 5.74) is 0.332. The average Bonchev–Trinajstić information content (AvgIpc) is 2.84. The zero-order valence-electron chi connectivity index (χ0n) is 20.4. The van der Waals surface area contributed by atoms with Crippen LogP contribution in [0.25, 0.3) is 11.0 Å². The first-order chi connectivity index (χ1) is 18.0. The maximum absolute atomic E-state index is 12.1. The van der Waals surface area contributed by atoms with E-state index in [9.17, 15) is 39.9 Å². The lowest BCUT2D eigenvalue weighted by atomic mass is 9.95. The second kappa shape index (κ2) is 11.3. The molecule has 6 N–H and O–H groups in total. The number of aliphatic hydroxyl groups is 4. The number of benzene rings is 1. The molecule has 0 saturated carbocycles. The van der Waals surface area contributed by atoms with Crippen molar-refractivity contribution < 1.29 is 58.5 Å². The average molecular weight is 539 g/mol. The van der Waals surface area contributed by atoms with E-state index in [-0.39, 0.29) is 11.3 Å². The molecule has 3 heterocycles. The Morgan fingerprint density at radius 2 is 1.84 bits per heavy atom. The molecular weight excluding hydrogens is 510 g/mol. The van der Waals surface area contributed by atoms with Crippen LogP contribution in [0.5, 0.6) is 5.75 Å². The van der Waals surface area contributed by atoms with Crippen molar-refractivity contribution in [2.75, 3.05) is 6.61 Å². The number of amides is 1. The molecule has 1 aromatic carbocycles. The van der Waals surface area contributed by atoms with E-state index in [4.69, 9.17) is 23.4 Å². The summed E-state index contributed by atoms with van der Waals surface area (Å²) in [6, 6.07) is 4.69. The molecule has 0 aliphatic carbocycles. The van der Waals surface area contributed by atoms with E-state index >= 15 is 0 Å². The molecule has 0 radical (unpaired) electrons. The topological polar surface area (TPSA) is 214 Å². The molecule has 2 aliphatic heterocycles. The lowest BCUT2D eigenvalue weighted by Gasteiger charge is -2.46. The van der Waals surface area contributed by atoms with Crippen LogP contribution in [0, 0.1) is 6.92 Å². The van der Waals surface area contributed by atoms with E-state index in [0.717, 1.165) is 0 Å². The number of carboxylic acids is 1. The summed E-state index contributed by atoms with van der Waals surface area (Å²) in [4.78, 5) is 35.3. The molecule has 208 valence electrons. The molecule has 0 bridgehead atoms. The Kier molecular flexibility index (Phi) is 8.32. The number of carbonyl (C=O) groups excluding carboxylic acids is 1. The van der Waals surface area contributed by atoms with Gasteiger partial charge < -0.3 is 54.2 Å². The van der Waals surface area contributed by atoms with Crippen LogP contribution in [-0.4, -0.2) is 99.3 Å². The molecule has 2 saturated heterocycles. The zero-order chi connectivity index (χ0) is 27.7. The van der Waals surface area contributed by atoms with Gasteiger partial charge in [0.25, 0.3) is 0 Å². The lowest BCUT2D eigenvalue weighted by molar-refractivity contribution is -0.321. The first kappa shape index (κ1) is 27.9. The van der Waals surface area contributed by atoms with Gasteiger partial charge in [-0.3, -0.25) is 4.79 Å². The predicted molar refractivity (Wildman–Crippen MR) is 125 cm³/mol. The Balaban J connectivity index is 1.65. The van der Waals surface area contributed by atoms with Crippen molar-refractivity contribution in [3.05, 3.63) is 40.2 Å². The fourth-order valence-electron chi connectivity index (χ4n) is 4.50. The van der Waals surface area contributed by atoms with Crippen molar-refractivity contribution in [2.45, 2.75) is 75.5 Å². The normalized spacial score (nSPS) is 33.6. The second-order valence-electron chi connectivity index (χ2n) is 9.19. The number of fused-ring (bicyclic) bond motifs is 1. The van der Waals surface area contributed by atoms with Gasteiger partial charge in [0.15, 0.2) is 12.4 Å². The smallest absolute Gasteiger partial charge is 0.336 e. The molecule has 0 unspecified atom stereocenters. The van der Waals surface area contributed by atoms with Crippen molar-refractivity contribution in [3.63, 3.8) is 0 Å². The Morgan fingerprint density at radius 3 is 2.50 bits per heavy atom. The Bertz CT molecular complexity index is 1230. The third-order valence-corrected chi connectivity index (χ3v) is 6.39. The fraction of sp³-hybridized carbons (Fsp3) is 0.542. The molecule has 4 rings (SSSR count). The Hall–Kier alpha value is -3.11. The fourth-order valence-corrected chi connectivity index (χ4v) is 4.50. The molecule has 2 fully saturated rings. The van der Waals surface area contributed by atoms with Gasteiger partial charge in [0.05, 0.1) is 12.7 Å². The van der Waals surface area contributed by atoms with Gasteiger partial charge in [-0.2, -0.15) is 0 Å². The molecule has 14 nitrogen and oxygen atoms in total. The SMILES string of the molecule is CC(=O)N[C@H]1[C@H](Oc2ccc3c(C)cc(=O)oc3c2)O[C@H](CO)[C@@H](O)[C@@H]1O[C@@H]1O[C@H](C(=O)O)C[C@H](O)[C@H]1O. The van der Waals surface area contributed by atoms with Crippen LogP contribution >= 0.6 is 0 Å². The van der Waals surface area contributed by atoms with E-state index in [2.05, 4.69) is 5.32 Å². The quantitative estimate of drug-likeness (QED) is 0.218. The van der Waals surface area contributed by atoms with Crippen LogP contribution in [0.3, 0.4) is 0 Å². The molecule has 0 spiro atoms. The molecule has 38 heavy (non-hydrogen) atoms. The third-order valence-electron chi connectivity index (χ3n) is 6.39. The van der Waals surface area contributed by atoms with Gasteiger partial charge in [0.2, 0.25) is 12.2 Å². The number of carbonyl (C=O) groups is 2. The molecule has 9 atom stereocenters. The summed E-state index contributed by atoms with van der Waals surface area (Å²) in [5.74, 6) is -1.83. The zero-order valence-corrected chi connectivity index (χ0v) is 20.4. The highest BCUT2D eigenvalue weighted by Crippen LogP contribution is 2.31. The van der Waals surface area contributed by atoms with Gasteiger partial charge in [-0.25, -0.2) is 9.59 Å². The lowest BCUT2D eigenvalue weighted by Crippen LogP contribution is -2.67. The van der Waals surface area contributed by atoms with Crippen molar-refractivity contribution in [2.24, 2.45) is 0 Å². The van der Waals surface area contributed by atoms with Crippen molar-refractivity contribution in [1.82, 2.24) is 5.32 Å². The molecule has 2 aliphatic rings. The van der Waals surface area contributed by atoms with Crippen molar-refractivity contribution in [1.29, 1.82) is 0 Å². The minimum atomic E-state index is -1.72. The summed E-state index contributed by atoms with van der Waals surface area (Å²) in [5, 5.41) is 53.7. The number of rotatable bonds is 7. The van der Waals surface area contributed by atoms with Crippen LogP contribution in [0.4, 0.5) is 0 Å².